The van der Waals surface area contributed by atoms with Gasteiger partial charge in [0.2, 0.25) is 0 Å². The average Bonchev–Trinajstić information content (AvgIpc) is 2.02. The van der Waals surface area contributed by atoms with Gasteiger partial charge in [-0.25, -0.2) is 8.78 Å². The Morgan fingerprint density at radius 3 is 2.31 bits per heavy atom. The molecule has 1 aromatic rings. The van der Waals surface area contributed by atoms with Crippen LogP contribution in [0.5, 0.6) is 5.75 Å². The lowest BCUT2D eigenvalue weighted by Crippen LogP contribution is -1.98. The monoisotopic (exact) mass is 186 g/mol. The molecule has 0 aromatic heterocycles. The molecule has 0 N–H and O–H groups in total. The molecule has 0 aliphatic rings. The minimum Gasteiger partial charge on any atom is -0.493 e. The number of hydrogen-bond acceptors (Lipinski definition) is 1. The van der Waals surface area contributed by atoms with E-state index in [9.17, 15) is 8.78 Å². The normalized spacial score (nSPS) is 10.6. The van der Waals surface area contributed by atoms with Crippen LogP contribution in [-0.2, 0) is 0 Å². The highest BCUT2D eigenvalue weighted by Gasteiger charge is 2.13. The lowest BCUT2D eigenvalue weighted by atomic mass is 10.0. The first-order valence-electron chi connectivity index (χ1n) is 4.09. The van der Waals surface area contributed by atoms with E-state index < -0.39 is 11.6 Å². The maximum Gasteiger partial charge on any atom is 0.168 e. The molecule has 0 bridgehead atoms. The Balaban J connectivity index is 3.29. The minimum atomic E-state index is -0.647. The van der Waals surface area contributed by atoms with Crippen molar-refractivity contribution in [2.45, 2.75) is 19.8 Å². The lowest BCUT2D eigenvalue weighted by molar-refractivity contribution is 0.376. The molecule has 13 heavy (non-hydrogen) atoms. The summed E-state index contributed by atoms with van der Waals surface area (Å²) in [7, 11) is 1.38. The van der Waals surface area contributed by atoms with Crippen molar-refractivity contribution < 1.29 is 13.5 Å². The van der Waals surface area contributed by atoms with Crippen molar-refractivity contribution in [3.8, 4) is 5.75 Å². The maximum atomic E-state index is 13.1. The van der Waals surface area contributed by atoms with Gasteiger partial charge in [0, 0.05) is 11.6 Å². The summed E-state index contributed by atoms with van der Waals surface area (Å²) < 4.78 is 30.8. The van der Waals surface area contributed by atoms with Crippen molar-refractivity contribution >= 4 is 0 Å². The third kappa shape index (κ3) is 1.97. The molecule has 1 rings (SSSR count). The Morgan fingerprint density at radius 2 is 1.85 bits per heavy atom. The van der Waals surface area contributed by atoms with Crippen LogP contribution in [0.1, 0.15) is 25.3 Å². The van der Waals surface area contributed by atoms with Gasteiger partial charge in [-0.3, -0.25) is 0 Å². The molecule has 0 heterocycles. The quantitative estimate of drug-likeness (QED) is 0.689. The molecule has 0 spiro atoms. The van der Waals surface area contributed by atoms with Gasteiger partial charge in [0.1, 0.15) is 5.82 Å². The Labute approximate surface area is 76.3 Å². The number of hydrogen-bond donors (Lipinski definition) is 0. The first-order valence-corrected chi connectivity index (χ1v) is 4.09. The molecule has 0 amide bonds. The average molecular weight is 186 g/mol. The van der Waals surface area contributed by atoms with Crippen LogP contribution >= 0.6 is 0 Å². The highest BCUT2D eigenvalue weighted by molar-refractivity contribution is 5.37. The van der Waals surface area contributed by atoms with Crippen LogP contribution in [0, 0.1) is 11.6 Å². The third-order valence-corrected chi connectivity index (χ3v) is 1.86. The van der Waals surface area contributed by atoms with Crippen LogP contribution in [0.2, 0.25) is 0 Å². The molecular weight excluding hydrogens is 174 g/mol. The number of ether oxygens (including phenoxy) is 1. The first-order chi connectivity index (χ1) is 6.06. The van der Waals surface area contributed by atoms with Crippen molar-refractivity contribution in [2.24, 2.45) is 0 Å². The highest BCUT2D eigenvalue weighted by atomic mass is 19.1. The molecule has 0 unspecified atom stereocenters. The summed E-state index contributed by atoms with van der Waals surface area (Å²) in [6.07, 6.45) is 0. The maximum absolute atomic E-state index is 13.1. The Bertz CT molecular complexity index is 308. The van der Waals surface area contributed by atoms with Crippen molar-refractivity contribution in [3.63, 3.8) is 0 Å². The van der Waals surface area contributed by atoms with Gasteiger partial charge >= 0.3 is 0 Å². The molecule has 72 valence electrons. The smallest absolute Gasteiger partial charge is 0.168 e. The fourth-order valence-electron chi connectivity index (χ4n) is 1.22. The second-order valence-electron chi connectivity index (χ2n) is 3.16. The van der Waals surface area contributed by atoms with Gasteiger partial charge in [-0.05, 0) is 12.0 Å². The van der Waals surface area contributed by atoms with Crippen LogP contribution < -0.4 is 4.74 Å². The molecule has 0 atom stereocenters. The van der Waals surface area contributed by atoms with E-state index in [1.54, 1.807) is 0 Å². The molecule has 0 aliphatic carbocycles. The van der Waals surface area contributed by atoms with E-state index in [1.807, 2.05) is 13.8 Å². The van der Waals surface area contributed by atoms with Gasteiger partial charge < -0.3 is 4.74 Å². The van der Waals surface area contributed by atoms with Crippen LogP contribution in [0.3, 0.4) is 0 Å². The van der Waals surface area contributed by atoms with Gasteiger partial charge in [-0.15, -0.1) is 0 Å². The largest absolute Gasteiger partial charge is 0.493 e. The first kappa shape index (κ1) is 9.96. The van der Waals surface area contributed by atoms with Crippen molar-refractivity contribution in [3.05, 3.63) is 29.3 Å². The molecular formula is C10H12F2O. The Kier molecular flexibility index (Phi) is 2.86. The van der Waals surface area contributed by atoms with E-state index >= 15 is 0 Å². The topological polar surface area (TPSA) is 9.23 Å². The number of halogens is 2. The summed E-state index contributed by atoms with van der Waals surface area (Å²) in [4.78, 5) is 0. The zero-order chi connectivity index (χ0) is 10.0. The summed E-state index contributed by atoms with van der Waals surface area (Å²) >= 11 is 0. The molecule has 0 saturated carbocycles. The number of rotatable bonds is 2. The van der Waals surface area contributed by atoms with Gasteiger partial charge in [-0.1, -0.05) is 13.8 Å². The van der Waals surface area contributed by atoms with E-state index in [4.69, 9.17) is 4.74 Å². The van der Waals surface area contributed by atoms with E-state index in [2.05, 4.69) is 0 Å². The van der Waals surface area contributed by atoms with Crippen molar-refractivity contribution in [1.82, 2.24) is 0 Å². The fraction of sp³-hybridized carbons (Fsp3) is 0.400. The number of methoxy groups -OCH3 is 1. The van der Waals surface area contributed by atoms with Gasteiger partial charge in [0.15, 0.2) is 11.6 Å². The SMILES string of the molecule is COc1c(F)cc(F)cc1C(C)C. The molecule has 0 saturated heterocycles. The highest BCUT2D eigenvalue weighted by Crippen LogP contribution is 2.29. The van der Waals surface area contributed by atoms with Crippen LogP contribution in [0.15, 0.2) is 12.1 Å². The van der Waals surface area contributed by atoms with Crippen molar-refractivity contribution in [1.29, 1.82) is 0 Å². The summed E-state index contributed by atoms with van der Waals surface area (Å²) in [5, 5.41) is 0. The second kappa shape index (κ2) is 3.73. The van der Waals surface area contributed by atoms with Crippen LogP contribution in [-0.4, -0.2) is 7.11 Å². The van der Waals surface area contributed by atoms with E-state index in [-0.39, 0.29) is 11.7 Å². The Morgan fingerprint density at radius 1 is 1.23 bits per heavy atom. The molecule has 0 aliphatic heterocycles. The standard InChI is InChI=1S/C10H12F2O/c1-6(2)8-4-7(11)5-9(12)10(8)13-3/h4-6H,1-3H3. The van der Waals surface area contributed by atoms with E-state index in [0.29, 0.717) is 5.56 Å². The zero-order valence-electron chi connectivity index (χ0n) is 7.90. The predicted octanol–water partition coefficient (Wildman–Crippen LogP) is 3.10. The van der Waals surface area contributed by atoms with E-state index in [1.165, 1.54) is 13.2 Å². The van der Waals surface area contributed by atoms with E-state index in [0.717, 1.165) is 6.07 Å². The summed E-state index contributed by atoms with van der Waals surface area (Å²) in [6, 6.07) is 2.12. The summed E-state index contributed by atoms with van der Waals surface area (Å²) in [5.74, 6) is -1.04. The van der Waals surface area contributed by atoms with Crippen LogP contribution in [0.25, 0.3) is 0 Å². The number of benzene rings is 1. The van der Waals surface area contributed by atoms with Crippen molar-refractivity contribution in [2.75, 3.05) is 7.11 Å². The second-order valence-corrected chi connectivity index (χ2v) is 3.16. The predicted molar refractivity (Wildman–Crippen MR) is 47.0 cm³/mol. The Hall–Kier alpha value is -1.12. The summed E-state index contributed by atoms with van der Waals surface area (Å²) in [6.45, 7) is 3.72. The van der Waals surface area contributed by atoms with Gasteiger partial charge in [0.05, 0.1) is 7.11 Å². The fourth-order valence-corrected chi connectivity index (χ4v) is 1.22. The third-order valence-electron chi connectivity index (χ3n) is 1.86. The molecule has 0 fully saturated rings. The summed E-state index contributed by atoms with van der Waals surface area (Å²) in [5.41, 5.74) is 0.556. The lowest BCUT2D eigenvalue weighted by Gasteiger charge is -2.12. The van der Waals surface area contributed by atoms with Crippen LogP contribution in [0.4, 0.5) is 8.78 Å². The molecule has 0 radical (unpaired) electrons. The minimum absolute atomic E-state index is 0.0418. The zero-order valence-corrected chi connectivity index (χ0v) is 7.90. The molecule has 1 aromatic carbocycles. The van der Waals surface area contributed by atoms with Gasteiger partial charge in [-0.2, -0.15) is 0 Å². The molecule has 1 nitrogen and oxygen atoms in total. The van der Waals surface area contributed by atoms with Gasteiger partial charge in [0.25, 0.3) is 0 Å². The molecule has 3 heteroatoms.